The number of anilines is 1. The minimum atomic E-state index is -0.474. The highest BCUT2D eigenvalue weighted by atomic mass is 35.5. The first-order valence-corrected chi connectivity index (χ1v) is 7.58. The number of benzene rings is 1. The Bertz CT molecular complexity index is 1150. The van der Waals surface area contributed by atoms with E-state index < -0.39 is 5.69 Å². The van der Waals surface area contributed by atoms with Crippen LogP contribution in [0, 0.1) is 6.92 Å². The van der Waals surface area contributed by atoms with Crippen molar-refractivity contribution in [2.24, 2.45) is 0 Å². The third-order valence-electron chi connectivity index (χ3n) is 3.77. The Morgan fingerprint density at radius 2 is 2.04 bits per heavy atom. The lowest BCUT2D eigenvalue weighted by Gasteiger charge is -2.09. The topological polar surface area (TPSA) is 85.8 Å². The predicted octanol–water partition coefficient (Wildman–Crippen LogP) is 2.93. The van der Waals surface area contributed by atoms with E-state index >= 15 is 0 Å². The molecule has 0 bridgehead atoms. The summed E-state index contributed by atoms with van der Waals surface area (Å²) in [5.74, 6) is 0.769. The molecular weight excluding hydrogens is 330 g/mol. The minimum absolute atomic E-state index is 0.361. The van der Waals surface area contributed by atoms with Crippen LogP contribution in [0.2, 0.25) is 5.02 Å². The minimum Gasteiger partial charge on any atom is -0.450 e. The smallest absolute Gasteiger partial charge is 0.356 e. The first-order valence-electron chi connectivity index (χ1n) is 7.20. The van der Waals surface area contributed by atoms with Gasteiger partial charge in [0.15, 0.2) is 17.2 Å². The number of fused-ring (bicyclic) bond motifs is 3. The van der Waals surface area contributed by atoms with E-state index in [9.17, 15) is 4.79 Å². The summed E-state index contributed by atoms with van der Waals surface area (Å²) in [6, 6.07) is 5.24. The van der Waals surface area contributed by atoms with Gasteiger partial charge in [-0.3, -0.25) is 4.98 Å². The lowest BCUT2D eigenvalue weighted by molar-refractivity contribution is 0.664. The quantitative estimate of drug-likeness (QED) is 0.603. The van der Waals surface area contributed by atoms with Crippen LogP contribution in [0.3, 0.4) is 0 Å². The first kappa shape index (κ1) is 14.6. The van der Waals surface area contributed by atoms with Gasteiger partial charge in [-0.15, -0.1) is 0 Å². The molecule has 8 heteroatoms. The van der Waals surface area contributed by atoms with E-state index in [2.05, 4.69) is 20.3 Å². The van der Waals surface area contributed by atoms with Gasteiger partial charge >= 0.3 is 5.69 Å². The van der Waals surface area contributed by atoms with Crippen molar-refractivity contribution in [2.45, 2.75) is 6.92 Å². The number of hydrogen-bond acceptors (Lipinski definition) is 6. The predicted molar refractivity (Wildman–Crippen MR) is 92.0 cm³/mol. The zero-order chi connectivity index (χ0) is 16.8. The van der Waals surface area contributed by atoms with Crippen molar-refractivity contribution >= 4 is 39.5 Å². The van der Waals surface area contributed by atoms with Gasteiger partial charge in [0.2, 0.25) is 0 Å². The van der Waals surface area contributed by atoms with Gasteiger partial charge in [-0.05, 0) is 25.1 Å². The molecule has 1 N–H and O–H groups in total. The van der Waals surface area contributed by atoms with E-state index in [1.54, 1.807) is 38.4 Å². The molecule has 0 saturated heterocycles. The van der Waals surface area contributed by atoms with Crippen LogP contribution in [0.15, 0.2) is 39.8 Å². The Balaban J connectivity index is 2.27. The maximum absolute atomic E-state index is 12.7. The van der Waals surface area contributed by atoms with Crippen molar-refractivity contribution < 1.29 is 4.42 Å². The molecule has 0 atom stereocenters. The number of rotatable bonds is 2. The molecule has 3 aromatic heterocycles. The molecule has 120 valence electrons. The lowest BCUT2D eigenvalue weighted by Crippen LogP contribution is -2.24. The number of halogens is 1. The second-order valence-corrected chi connectivity index (χ2v) is 5.65. The van der Waals surface area contributed by atoms with Gasteiger partial charge in [0.05, 0.1) is 5.69 Å². The molecule has 0 radical (unpaired) electrons. The van der Waals surface area contributed by atoms with Gasteiger partial charge in [-0.2, -0.15) is 4.98 Å². The summed E-state index contributed by atoms with van der Waals surface area (Å²) in [5, 5.41) is 4.14. The Morgan fingerprint density at radius 3 is 2.79 bits per heavy atom. The number of hydrogen-bond donors (Lipinski definition) is 1. The van der Waals surface area contributed by atoms with Gasteiger partial charge in [0.25, 0.3) is 0 Å². The fourth-order valence-corrected chi connectivity index (χ4v) is 2.89. The SMILES string of the molecule is CNc1nc(=O)n(-c2nccnc2C)c2c1oc1ccc(Cl)cc12. The molecule has 4 aromatic rings. The summed E-state index contributed by atoms with van der Waals surface area (Å²) < 4.78 is 7.30. The number of aromatic nitrogens is 4. The summed E-state index contributed by atoms with van der Waals surface area (Å²) in [5.41, 5.74) is 1.75. The third-order valence-corrected chi connectivity index (χ3v) is 4.00. The molecule has 4 rings (SSSR count). The number of nitrogens with one attached hydrogen (secondary N) is 1. The van der Waals surface area contributed by atoms with Crippen molar-refractivity contribution in [1.29, 1.82) is 0 Å². The zero-order valence-corrected chi connectivity index (χ0v) is 13.6. The van der Waals surface area contributed by atoms with Crippen molar-refractivity contribution in [3.63, 3.8) is 0 Å². The standard InChI is InChI=1S/C16H12ClN5O2/c1-8-15(20-6-5-19-8)22-12-10-7-9(17)3-4-11(10)24-13(12)14(18-2)21-16(22)23/h3-7H,1-2H3,(H,18,21,23). The molecule has 0 fully saturated rings. The van der Waals surface area contributed by atoms with Crippen LogP contribution in [0.4, 0.5) is 5.82 Å². The van der Waals surface area contributed by atoms with E-state index in [-0.39, 0.29) is 0 Å². The van der Waals surface area contributed by atoms with Crippen LogP contribution in [-0.2, 0) is 0 Å². The second kappa shape index (κ2) is 5.31. The van der Waals surface area contributed by atoms with Crippen LogP contribution in [-0.4, -0.2) is 26.6 Å². The number of furan rings is 1. The summed E-state index contributed by atoms with van der Waals surface area (Å²) in [7, 11) is 1.68. The van der Waals surface area contributed by atoms with Crippen LogP contribution in [0.1, 0.15) is 5.69 Å². The number of aryl methyl sites for hydroxylation is 1. The molecule has 0 aliphatic heterocycles. The Morgan fingerprint density at radius 1 is 1.25 bits per heavy atom. The van der Waals surface area contributed by atoms with Gasteiger partial charge in [-0.25, -0.2) is 14.3 Å². The first-order chi connectivity index (χ1) is 11.6. The summed E-state index contributed by atoms with van der Waals surface area (Å²) in [6.45, 7) is 1.78. The molecule has 0 saturated carbocycles. The van der Waals surface area contributed by atoms with E-state index in [1.165, 1.54) is 10.8 Å². The molecule has 0 aliphatic rings. The molecule has 0 amide bonds. The molecule has 0 spiro atoms. The highest BCUT2D eigenvalue weighted by Gasteiger charge is 2.20. The van der Waals surface area contributed by atoms with E-state index in [4.69, 9.17) is 16.0 Å². The van der Waals surface area contributed by atoms with Crippen molar-refractivity contribution in [3.05, 3.63) is 51.8 Å². The summed E-state index contributed by atoms with van der Waals surface area (Å²) in [6.07, 6.45) is 3.10. The number of nitrogens with zero attached hydrogens (tertiary/aromatic N) is 4. The fraction of sp³-hybridized carbons (Fsp3) is 0.125. The molecule has 7 nitrogen and oxygen atoms in total. The maximum Gasteiger partial charge on any atom is 0.356 e. The van der Waals surface area contributed by atoms with E-state index in [0.29, 0.717) is 44.4 Å². The van der Waals surface area contributed by atoms with E-state index in [1.807, 2.05) is 0 Å². The van der Waals surface area contributed by atoms with Crippen LogP contribution >= 0.6 is 11.6 Å². The summed E-state index contributed by atoms with van der Waals surface area (Å²) in [4.78, 5) is 25.2. The van der Waals surface area contributed by atoms with Crippen LogP contribution in [0.5, 0.6) is 0 Å². The highest BCUT2D eigenvalue weighted by Crippen LogP contribution is 2.33. The molecular formula is C16H12ClN5O2. The van der Waals surface area contributed by atoms with Crippen LogP contribution in [0.25, 0.3) is 27.9 Å². The zero-order valence-electron chi connectivity index (χ0n) is 12.9. The largest absolute Gasteiger partial charge is 0.450 e. The Labute approximate surface area is 140 Å². The molecule has 1 aromatic carbocycles. The molecule has 3 heterocycles. The fourth-order valence-electron chi connectivity index (χ4n) is 2.72. The van der Waals surface area contributed by atoms with E-state index in [0.717, 1.165) is 0 Å². The van der Waals surface area contributed by atoms with Crippen molar-refractivity contribution in [1.82, 2.24) is 19.5 Å². The van der Waals surface area contributed by atoms with Crippen molar-refractivity contribution in [2.75, 3.05) is 12.4 Å². The summed E-state index contributed by atoms with van der Waals surface area (Å²) >= 11 is 6.13. The lowest BCUT2D eigenvalue weighted by atomic mass is 10.2. The van der Waals surface area contributed by atoms with Gasteiger partial charge in [0, 0.05) is 29.9 Å². The van der Waals surface area contributed by atoms with Gasteiger partial charge in [0.1, 0.15) is 11.1 Å². The molecule has 24 heavy (non-hydrogen) atoms. The van der Waals surface area contributed by atoms with Gasteiger partial charge in [-0.1, -0.05) is 11.6 Å². The third kappa shape index (κ3) is 2.05. The van der Waals surface area contributed by atoms with Crippen molar-refractivity contribution in [3.8, 4) is 5.82 Å². The van der Waals surface area contributed by atoms with Crippen LogP contribution < -0.4 is 11.0 Å². The normalized spacial score (nSPS) is 11.3. The molecule has 0 unspecified atom stereocenters. The second-order valence-electron chi connectivity index (χ2n) is 5.21. The Hall–Kier alpha value is -2.93. The average Bonchev–Trinajstić information content (AvgIpc) is 2.94. The Kier molecular flexibility index (Phi) is 3.24. The highest BCUT2D eigenvalue weighted by molar-refractivity contribution is 6.31. The monoisotopic (exact) mass is 341 g/mol. The average molecular weight is 342 g/mol. The molecule has 0 aliphatic carbocycles. The van der Waals surface area contributed by atoms with Gasteiger partial charge < -0.3 is 9.73 Å². The maximum atomic E-state index is 12.7.